The van der Waals surface area contributed by atoms with E-state index in [4.69, 9.17) is 9.47 Å². The van der Waals surface area contributed by atoms with Gasteiger partial charge in [0.25, 0.3) is 11.7 Å². The van der Waals surface area contributed by atoms with Gasteiger partial charge in [0.1, 0.15) is 23.4 Å². The zero-order valence-corrected chi connectivity index (χ0v) is 19.0. The van der Waals surface area contributed by atoms with Crippen molar-refractivity contribution >= 4 is 17.4 Å². The van der Waals surface area contributed by atoms with E-state index in [-0.39, 0.29) is 24.0 Å². The molecule has 2 atom stereocenters. The topological polar surface area (TPSA) is 76.1 Å². The minimum Gasteiger partial charge on any atom is -0.507 e. The Morgan fingerprint density at radius 1 is 1.06 bits per heavy atom. The number of fused-ring (bicyclic) bond motifs is 1. The Morgan fingerprint density at radius 3 is 2.50 bits per heavy atom. The molecule has 172 valence electrons. The predicted octanol–water partition coefficient (Wildman–Crippen LogP) is 4.64. The zero-order valence-electron chi connectivity index (χ0n) is 19.0. The molecule has 2 heterocycles. The summed E-state index contributed by atoms with van der Waals surface area (Å²) in [5, 5.41) is 11.3. The second kappa shape index (κ2) is 8.71. The summed E-state index contributed by atoms with van der Waals surface area (Å²) < 4.78 is 11.0. The maximum atomic E-state index is 13.3. The van der Waals surface area contributed by atoms with E-state index in [1.165, 1.54) is 4.90 Å². The van der Waals surface area contributed by atoms with E-state index in [2.05, 4.69) is 0 Å². The van der Waals surface area contributed by atoms with Gasteiger partial charge in [0.2, 0.25) is 0 Å². The number of carbonyl (C=O) groups is 2. The van der Waals surface area contributed by atoms with Gasteiger partial charge in [-0.2, -0.15) is 0 Å². The molecule has 0 saturated carbocycles. The molecule has 0 aliphatic carbocycles. The fourth-order valence-electron chi connectivity index (χ4n) is 4.68. The Labute approximate surface area is 198 Å². The van der Waals surface area contributed by atoms with Crippen LogP contribution in [0.4, 0.5) is 0 Å². The van der Waals surface area contributed by atoms with E-state index in [9.17, 15) is 14.7 Å². The van der Waals surface area contributed by atoms with Gasteiger partial charge in [-0.3, -0.25) is 9.59 Å². The molecule has 2 aliphatic rings. The lowest BCUT2D eigenvalue weighted by Crippen LogP contribution is -2.29. The Balaban J connectivity index is 1.62. The van der Waals surface area contributed by atoms with Crippen LogP contribution in [0.3, 0.4) is 0 Å². The maximum Gasteiger partial charge on any atom is 0.295 e. The second-order valence-electron chi connectivity index (χ2n) is 8.64. The third-order valence-corrected chi connectivity index (χ3v) is 6.34. The number of hydrogen-bond acceptors (Lipinski definition) is 5. The summed E-state index contributed by atoms with van der Waals surface area (Å²) in [5.74, 6) is -0.0717. The van der Waals surface area contributed by atoms with E-state index >= 15 is 0 Å². The molecule has 5 rings (SSSR count). The summed E-state index contributed by atoms with van der Waals surface area (Å²) in [5.41, 5.74) is 3.16. The molecule has 0 spiro atoms. The quantitative estimate of drug-likeness (QED) is 0.345. The molecule has 1 fully saturated rings. The molecule has 3 aromatic rings. The number of aliphatic hydroxyl groups is 1. The average molecular weight is 456 g/mol. The molecular weight excluding hydrogens is 430 g/mol. The molecule has 6 nitrogen and oxygen atoms in total. The van der Waals surface area contributed by atoms with E-state index in [1.807, 2.05) is 55.5 Å². The lowest BCUT2D eigenvalue weighted by molar-refractivity contribution is -0.140. The highest BCUT2D eigenvalue weighted by atomic mass is 16.5. The summed E-state index contributed by atoms with van der Waals surface area (Å²) in [4.78, 5) is 28.0. The van der Waals surface area contributed by atoms with Gasteiger partial charge in [0.15, 0.2) is 0 Å². The monoisotopic (exact) mass is 455 g/mol. The van der Waals surface area contributed by atoms with Crippen LogP contribution in [0.5, 0.6) is 11.5 Å². The van der Waals surface area contributed by atoms with Gasteiger partial charge in [0, 0.05) is 18.5 Å². The molecule has 1 saturated heterocycles. The Bertz CT molecular complexity index is 1280. The third-order valence-electron chi connectivity index (χ3n) is 6.34. The van der Waals surface area contributed by atoms with Crippen molar-refractivity contribution in [2.45, 2.75) is 32.0 Å². The molecule has 0 bridgehead atoms. The molecular formula is C28H25NO5. The number of ether oxygens (including phenoxy) is 2. The van der Waals surface area contributed by atoms with E-state index in [0.29, 0.717) is 11.3 Å². The van der Waals surface area contributed by atoms with Gasteiger partial charge in [-0.1, -0.05) is 42.5 Å². The largest absolute Gasteiger partial charge is 0.507 e. The van der Waals surface area contributed by atoms with Gasteiger partial charge in [-0.25, -0.2) is 0 Å². The first-order valence-electron chi connectivity index (χ1n) is 11.2. The standard InChI is InChI=1S/C28H25NO5/c1-17-14-21-15-20(10-13-23(21)34-17)26(30)24-25(19-8-11-22(33-2)12-9-19)29(28(32)27(24)31)16-18-6-4-3-5-7-18/h3-13,15,17,25,30H,14,16H2,1-2H3/b26-24+/t17-,25+/m0/s1. The minimum absolute atomic E-state index is 0.0585. The van der Waals surface area contributed by atoms with Crippen molar-refractivity contribution in [2.75, 3.05) is 7.11 Å². The predicted molar refractivity (Wildman–Crippen MR) is 128 cm³/mol. The van der Waals surface area contributed by atoms with Gasteiger partial charge in [-0.05, 0) is 53.9 Å². The van der Waals surface area contributed by atoms with Crippen molar-refractivity contribution in [3.8, 4) is 11.5 Å². The fraction of sp³-hybridized carbons (Fsp3) is 0.214. The highest BCUT2D eigenvalue weighted by molar-refractivity contribution is 6.46. The molecule has 3 aromatic carbocycles. The lowest BCUT2D eigenvalue weighted by Gasteiger charge is -2.25. The van der Waals surface area contributed by atoms with Crippen LogP contribution in [0.1, 0.15) is 35.2 Å². The van der Waals surface area contributed by atoms with Gasteiger partial charge >= 0.3 is 0 Å². The zero-order chi connectivity index (χ0) is 23.8. The first-order valence-corrected chi connectivity index (χ1v) is 11.2. The minimum atomic E-state index is -0.727. The van der Waals surface area contributed by atoms with E-state index < -0.39 is 17.7 Å². The van der Waals surface area contributed by atoms with Crippen LogP contribution in [-0.4, -0.2) is 34.9 Å². The number of ketones is 1. The van der Waals surface area contributed by atoms with Gasteiger partial charge in [0.05, 0.1) is 18.7 Å². The number of hydrogen-bond donors (Lipinski definition) is 1. The van der Waals surface area contributed by atoms with Crippen LogP contribution < -0.4 is 9.47 Å². The van der Waals surface area contributed by atoms with Crippen molar-refractivity contribution in [1.82, 2.24) is 4.90 Å². The highest BCUT2D eigenvalue weighted by Crippen LogP contribution is 2.41. The summed E-state index contributed by atoms with van der Waals surface area (Å²) in [6, 6.07) is 21.3. The number of likely N-dealkylation sites (tertiary alicyclic amines) is 1. The van der Waals surface area contributed by atoms with Crippen molar-refractivity contribution in [1.29, 1.82) is 0 Å². The molecule has 34 heavy (non-hydrogen) atoms. The number of carbonyl (C=O) groups excluding carboxylic acids is 2. The van der Waals surface area contributed by atoms with Crippen LogP contribution in [0.2, 0.25) is 0 Å². The summed E-state index contributed by atoms with van der Waals surface area (Å²) in [6.07, 6.45) is 0.781. The maximum absolute atomic E-state index is 13.3. The first-order chi connectivity index (χ1) is 16.5. The number of nitrogens with zero attached hydrogens (tertiary/aromatic N) is 1. The molecule has 0 unspecified atom stereocenters. The average Bonchev–Trinajstić information content (AvgIpc) is 3.35. The van der Waals surface area contributed by atoms with Crippen LogP contribution in [0, 0.1) is 0 Å². The third kappa shape index (κ3) is 3.81. The molecule has 1 N–H and O–H groups in total. The van der Waals surface area contributed by atoms with Gasteiger partial charge in [-0.15, -0.1) is 0 Å². The van der Waals surface area contributed by atoms with Crippen LogP contribution in [0.25, 0.3) is 5.76 Å². The number of Topliss-reactive ketones (excluding diaryl/α,β-unsaturated/α-hetero) is 1. The first kappa shape index (κ1) is 21.8. The lowest BCUT2D eigenvalue weighted by atomic mass is 9.94. The number of methoxy groups -OCH3 is 1. The second-order valence-corrected chi connectivity index (χ2v) is 8.64. The molecule has 1 amide bonds. The smallest absolute Gasteiger partial charge is 0.295 e. The van der Waals surface area contributed by atoms with E-state index in [0.717, 1.165) is 28.9 Å². The summed E-state index contributed by atoms with van der Waals surface area (Å²) >= 11 is 0. The molecule has 2 aliphatic heterocycles. The fourth-order valence-corrected chi connectivity index (χ4v) is 4.68. The SMILES string of the molecule is COc1ccc([C@@H]2/C(=C(\O)c3ccc4c(c3)C[C@H](C)O4)C(=O)C(=O)N2Cc2ccccc2)cc1. The number of amides is 1. The van der Waals surface area contributed by atoms with Crippen LogP contribution in [0.15, 0.2) is 78.4 Å². The van der Waals surface area contributed by atoms with Crippen molar-refractivity contribution in [3.63, 3.8) is 0 Å². The molecule has 6 heteroatoms. The van der Waals surface area contributed by atoms with Crippen LogP contribution in [-0.2, 0) is 22.6 Å². The van der Waals surface area contributed by atoms with Crippen molar-refractivity contribution < 1.29 is 24.2 Å². The Hall–Kier alpha value is -4.06. The van der Waals surface area contributed by atoms with Crippen LogP contribution >= 0.6 is 0 Å². The molecule has 0 radical (unpaired) electrons. The highest BCUT2D eigenvalue weighted by Gasteiger charge is 2.46. The number of aliphatic hydroxyl groups excluding tert-OH is 1. The molecule has 0 aromatic heterocycles. The van der Waals surface area contributed by atoms with Crippen molar-refractivity contribution in [2.24, 2.45) is 0 Å². The number of benzene rings is 3. The Kier molecular flexibility index (Phi) is 5.57. The normalized spacial score (nSPS) is 20.8. The number of rotatable bonds is 5. The van der Waals surface area contributed by atoms with Gasteiger partial charge < -0.3 is 19.5 Å². The van der Waals surface area contributed by atoms with E-state index in [1.54, 1.807) is 31.4 Å². The summed E-state index contributed by atoms with van der Waals surface area (Å²) in [6.45, 7) is 2.23. The Morgan fingerprint density at radius 2 is 1.79 bits per heavy atom. The summed E-state index contributed by atoms with van der Waals surface area (Å²) in [7, 11) is 1.58. The van der Waals surface area contributed by atoms with Crippen molar-refractivity contribution in [3.05, 3.63) is 101 Å².